The van der Waals surface area contributed by atoms with Crippen LogP contribution in [0.3, 0.4) is 0 Å². The number of aryl methyl sites for hydroxylation is 1. The fourth-order valence-electron chi connectivity index (χ4n) is 3.76. The second-order valence-electron chi connectivity index (χ2n) is 8.50. The first-order valence-corrected chi connectivity index (χ1v) is 12.6. The molecule has 38 heavy (non-hydrogen) atoms. The van der Waals surface area contributed by atoms with E-state index in [-0.39, 0.29) is 17.2 Å². The number of alkyl halides is 6. The van der Waals surface area contributed by atoms with E-state index in [2.05, 4.69) is 4.98 Å². The number of carbonyl (C=O) groups excluding carboxylic acids is 1. The van der Waals surface area contributed by atoms with Crippen molar-refractivity contribution in [2.45, 2.75) is 30.8 Å². The number of rotatable bonds is 7. The van der Waals surface area contributed by atoms with E-state index in [9.17, 15) is 39.6 Å². The Labute approximate surface area is 214 Å². The number of nitrogens with zero attached hydrogens (tertiary/aromatic N) is 2. The number of amides is 1. The van der Waals surface area contributed by atoms with Crippen molar-refractivity contribution >= 4 is 15.7 Å². The third-order valence-electron chi connectivity index (χ3n) is 5.64. The maximum absolute atomic E-state index is 13.4. The highest BCUT2D eigenvalue weighted by atomic mass is 32.2. The Morgan fingerprint density at radius 2 is 1.53 bits per heavy atom. The zero-order valence-corrected chi connectivity index (χ0v) is 20.9. The van der Waals surface area contributed by atoms with E-state index >= 15 is 0 Å². The third-order valence-corrected chi connectivity index (χ3v) is 7.22. The number of benzene rings is 2. The molecule has 2 aromatic carbocycles. The minimum Gasteiger partial charge on any atom is -0.395 e. The fourth-order valence-corrected chi connectivity index (χ4v) is 4.72. The van der Waals surface area contributed by atoms with Crippen molar-refractivity contribution in [3.05, 3.63) is 82.5 Å². The van der Waals surface area contributed by atoms with Gasteiger partial charge in [-0.05, 0) is 53.4 Å². The van der Waals surface area contributed by atoms with Gasteiger partial charge in [-0.25, -0.2) is 13.4 Å². The minimum atomic E-state index is -5.05. The van der Waals surface area contributed by atoms with Gasteiger partial charge in [0.2, 0.25) is 0 Å². The molecule has 0 radical (unpaired) electrons. The second kappa shape index (κ2) is 10.7. The molecule has 0 bridgehead atoms. The van der Waals surface area contributed by atoms with Crippen molar-refractivity contribution in [3.8, 4) is 11.1 Å². The predicted octanol–water partition coefficient (Wildman–Crippen LogP) is 5.13. The van der Waals surface area contributed by atoms with Gasteiger partial charge in [-0.2, -0.15) is 26.3 Å². The first kappa shape index (κ1) is 29.1. The summed E-state index contributed by atoms with van der Waals surface area (Å²) in [5.74, 6) is -1.43. The molecule has 3 rings (SSSR count). The number of pyridine rings is 1. The van der Waals surface area contributed by atoms with E-state index in [0.29, 0.717) is 23.3 Å². The quantitative estimate of drug-likeness (QED) is 0.405. The molecule has 3 aromatic rings. The maximum atomic E-state index is 13.4. The van der Waals surface area contributed by atoms with Gasteiger partial charge < -0.3 is 10.0 Å². The first-order chi connectivity index (χ1) is 17.5. The van der Waals surface area contributed by atoms with Crippen LogP contribution < -0.4 is 0 Å². The Morgan fingerprint density at radius 3 is 2.05 bits per heavy atom. The summed E-state index contributed by atoms with van der Waals surface area (Å²) in [5.41, 5.74) is -2.28. The van der Waals surface area contributed by atoms with Crippen LogP contribution in [0, 0.1) is 6.92 Å². The van der Waals surface area contributed by atoms with Crippen LogP contribution in [0.5, 0.6) is 0 Å². The average molecular weight is 561 g/mol. The number of aromatic nitrogens is 1. The van der Waals surface area contributed by atoms with E-state index in [1.165, 1.54) is 7.05 Å². The Kier molecular flexibility index (Phi) is 8.22. The number of aliphatic hydroxyl groups is 1. The molecule has 0 aliphatic heterocycles. The van der Waals surface area contributed by atoms with E-state index in [1.54, 1.807) is 31.2 Å². The zero-order valence-electron chi connectivity index (χ0n) is 20.1. The molecule has 1 aromatic heterocycles. The molecule has 0 fully saturated rings. The molecular formula is C25H22F6N2O4S. The zero-order chi connectivity index (χ0) is 28.5. The third kappa shape index (κ3) is 6.51. The number of carbonyl (C=O) groups is 1. The molecule has 0 unspecified atom stereocenters. The van der Waals surface area contributed by atoms with Gasteiger partial charge in [0.05, 0.1) is 29.1 Å². The number of sulfone groups is 1. The van der Waals surface area contributed by atoms with Gasteiger partial charge in [0, 0.05) is 19.8 Å². The van der Waals surface area contributed by atoms with Crippen LogP contribution in [0.25, 0.3) is 11.1 Å². The summed E-state index contributed by atoms with van der Waals surface area (Å²) in [6, 6.07) is 8.89. The molecule has 0 aliphatic carbocycles. The van der Waals surface area contributed by atoms with Crippen molar-refractivity contribution in [3.63, 3.8) is 0 Å². The Hall–Kier alpha value is -3.45. The summed E-state index contributed by atoms with van der Waals surface area (Å²) in [7, 11) is -2.81. The molecule has 0 atom stereocenters. The van der Waals surface area contributed by atoms with E-state index in [1.807, 2.05) is 0 Å². The van der Waals surface area contributed by atoms with Crippen molar-refractivity contribution in [2.75, 3.05) is 19.4 Å². The van der Waals surface area contributed by atoms with Crippen molar-refractivity contribution in [1.29, 1.82) is 0 Å². The molecule has 0 saturated heterocycles. The van der Waals surface area contributed by atoms with Gasteiger partial charge in [-0.3, -0.25) is 4.79 Å². The smallest absolute Gasteiger partial charge is 0.395 e. The summed E-state index contributed by atoms with van der Waals surface area (Å²) < 4.78 is 104. The standard InChI is InChI=1S/C25H22F6N2O4S/c1-15-5-3-4-6-19(15)20-12-22(38(36,37)8-7-34)32-13-21(20)23(35)33(2)14-16-9-17(24(26,27)28)11-18(10-16)25(29,30)31/h3-6,9-13,34H,7-8,14H2,1-2H3. The van der Waals surface area contributed by atoms with Crippen molar-refractivity contribution in [1.82, 2.24) is 9.88 Å². The van der Waals surface area contributed by atoms with Crippen LogP contribution in [0.4, 0.5) is 26.3 Å². The van der Waals surface area contributed by atoms with Crippen LogP contribution in [0.1, 0.15) is 32.6 Å². The summed E-state index contributed by atoms with van der Waals surface area (Å²) in [6.45, 7) is 0.435. The van der Waals surface area contributed by atoms with Gasteiger partial charge in [0.25, 0.3) is 5.91 Å². The molecule has 6 nitrogen and oxygen atoms in total. The van der Waals surface area contributed by atoms with Gasteiger partial charge in [0.1, 0.15) is 0 Å². The molecule has 204 valence electrons. The Bertz CT molecular complexity index is 1420. The van der Waals surface area contributed by atoms with Gasteiger partial charge in [0.15, 0.2) is 14.9 Å². The maximum Gasteiger partial charge on any atom is 0.416 e. The highest BCUT2D eigenvalue weighted by Crippen LogP contribution is 2.37. The van der Waals surface area contributed by atoms with E-state index in [4.69, 9.17) is 5.11 Å². The lowest BCUT2D eigenvalue weighted by Crippen LogP contribution is -2.27. The summed E-state index contributed by atoms with van der Waals surface area (Å²) in [6.07, 6.45) is -9.11. The predicted molar refractivity (Wildman–Crippen MR) is 126 cm³/mol. The normalized spacial score (nSPS) is 12.4. The van der Waals surface area contributed by atoms with Crippen LogP contribution in [-0.2, 0) is 28.7 Å². The SMILES string of the molecule is Cc1ccccc1-c1cc(S(=O)(=O)CCO)ncc1C(=O)N(C)Cc1cc(C(F)(F)F)cc(C(F)(F)F)c1. The number of hydrogen-bond acceptors (Lipinski definition) is 5. The monoisotopic (exact) mass is 560 g/mol. The molecule has 0 saturated carbocycles. The highest BCUT2D eigenvalue weighted by molar-refractivity contribution is 7.91. The Balaban J connectivity index is 2.08. The van der Waals surface area contributed by atoms with Gasteiger partial charge >= 0.3 is 12.4 Å². The molecular weight excluding hydrogens is 538 g/mol. The lowest BCUT2D eigenvalue weighted by atomic mass is 9.97. The average Bonchev–Trinajstić information content (AvgIpc) is 2.82. The fraction of sp³-hybridized carbons (Fsp3) is 0.280. The molecule has 13 heteroatoms. The second-order valence-corrected chi connectivity index (χ2v) is 10.6. The number of aliphatic hydroxyl groups excluding tert-OH is 1. The molecule has 1 amide bonds. The highest BCUT2D eigenvalue weighted by Gasteiger charge is 2.37. The van der Waals surface area contributed by atoms with Crippen molar-refractivity contribution in [2.24, 2.45) is 0 Å². The molecule has 1 heterocycles. The lowest BCUT2D eigenvalue weighted by Gasteiger charge is -2.21. The van der Waals surface area contributed by atoms with Gasteiger partial charge in [-0.1, -0.05) is 24.3 Å². The van der Waals surface area contributed by atoms with Crippen molar-refractivity contribution < 1.29 is 44.7 Å². The summed E-state index contributed by atoms with van der Waals surface area (Å²) in [5, 5.41) is 8.67. The van der Waals surface area contributed by atoms with Crippen LogP contribution in [0.2, 0.25) is 0 Å². The Morgan fingerprint density at radius 1 is 0.947 bits per heavy atom. The number of hydrogen-bond donors (Lipinski definition) is 1. The number of halogens is 6. The van der Waals surface area contributed by atoms with E-state index in [0.717, 1.165) is 17.2 Å². The lowest BCUT2D eigenvalue weighted by molar-refractivity contribution is -0.143. The topological polar surface area (TPSA) is 87.6 Å². The van der Waals surface area contributed by atoms with Crippen LogP contribution in [-0.4, -0.2) is 48.7 Å². The van der Waals surface area contributed by atoms with Crippen LogP contribution >= 0.6 is 0 Å². The first-order valence-electron chi connectivity index (χ1n) is 11.0. The molecule has 1 N–H and O–H groups in total. The summed E-state index contributed by atoms with van der Waals surface area (Å²) >= 11 is 0. The molecule has 0 spiro atoms. The van der Waals surface area contributed by atoms with Gasteiger partial charge in [-0.15, -0.1) is 0 Å². The van der Waals surface area contributed by atoms with E-state index < -0.39 is 68.7 Å². The largest absolute Gasteiger partial charge is 0.416 e. The molecule has 0 aliphatic rings. The van der Waals surface area contributed by atoms with Crippen LogP contribution in [0.15, 0.2) is 59.8 Å². The minimum absolute atomic E-state index is 0.00291. The summed E-state index contributed by atoms with van der Waals surface area (Å²) in [4.78, 5) is 18.1.